The molecule has 10 heteroatoms. The van der Waals surface area contributed by atoms with E-state index in [1.807, 2.05) is 17.8 Å². The second-order valence-electron chi connectivity index (χ2n) is 6.44. The number of amides is 1. The van der Waals surface area contributed by atoms with Crippen molar-refractivity contribution < 1.29 is 17.9 Å². The number of ether oxygens (including phenoxy) is 1. The second-order valence-corrected chi connectivity index (χ2v) is 9.27. The third kappa shape index (κ3) is 5.57. The maximum atomic E-state index is 12.5. The normalized spacial score (nSPS) is 17.0. The van der Waals surface area contributed by atoms with Crippen molar-refractivity contribution in [3.8, 4) is 0 Å². The molecule has 1 aromatic heterocycles. The van der Waals surface area contributed by atoms with Gasteiger partial charge in [-0.1, -0.05) is 17.8 Å². The minimum atomic E-state index is -3.69. The highest BCUT2D eigenvalue weighted by molar-refractivity contribution is 7.99. The minimum absolute atomic E-state index is 0.0699. The Morgan fingerprint density at radius 2 is 2.29 bits per heavy atom. The molecule has 3 rings (SSSR count). The topological polar surface area (TPSA) is 102 Å². The van der Waals surface area contributed by atoms with Crippen LogP contribution < -0.4 is 10.0 Å². The number of benzene rings is 1. The Morgan fingerprint density at radius 3 is 3.00 bits per heavy atom. The Balaban J connectivity index is 1.52. The average molecular weight is 425 g/mol. The van der Waals surface area contributed by atoms with Crippen LogP contribution >= 0.6 is 11.8 Å². The highest BCUT2D eigenvalue weighted by Crippen LogP contribution is 2.15. The summed E-state index contributed by atoms with van der Waals surface area (Å²) in [6, 6.07) is 6.03. The largest absolute Gasteiger partial charge is 0.377 e. The summed E-state index contributed by atoms with van der Waals surface area (Å²) >= 11 is 1.54. The smallest absolute Gasteiger partial charge is 0.251 e. The van der Waals surface area contributed by atoms with E-state index in [2.05, 4.69) is 15.0 Å². The molecule has 0 radical (unpaired) electrons. The number of sulfonamides is 1. The van der Waals surface area contributed by atoms with E-state index in [1.165, 1.54) is 23.9 Å². The van der Waals surface area contributed by atoms with Gasteiger partial charge in [-0.25, -0.2) is 18.1 Å². The fourth-order valence-corrected chi connectivity index (χ4v) is 4.69. The molecule has 1 atom stereocenters. The third-order valence-electron chi connectivity index (χ3n) is 4.33. The SMILES string of the molecule is Cn1ccnc1SCCNC(=O)c1cccc(S(=O)(=O)NCC2CCCO2)c1. The predicted molar refractivity (Wildman–Crippen MR) is 107 cm³/mol. The summed E-state index contributed by atoms with van der Waals surface area (Å²) in [7, 11) is -1.78. The highest BCUT2D eigenvalue weighted by Gasteiger charge is 2.21. The number of imidazole rings is 1. The van der Waals surface area contributed by atoms with Gasteiger partial charge in [0.25, 0.3) is 5.91 Å². The van der Waals surface area contributed by atoms with Crippen molar-refractivity contribution in [3.05, 3.63) is 42.2 Å². The summed E-state index contributed by atoms with van der Waals surface area (Å²) in [6.07, 6.45) is 5.29. The van der Waals surface area contributed by atoms with Gasteiger partial charge >= 0.3 is 0 Å². The van der Waals surface area contributed by atoms with Crippen LogP contribution in [0.4, 0.5) is 0 Å². The molecular formula is C18H24N4O4S2. The van der Waals surface area contributed by atoms with Crippen LogP contribution in [0.25, 0.3) is 0 Å². The molecule has 1 unspecified atom stereocenters. The molecule has 0 spiro atoms. The maximum Gasteiger partial charge on any atom is 0.251 e. The van der Waals surface area contributed by atoms with Crippen molar-refractivity contribution in [2.45, 2.75) is 29.0 Å². The Bertz CT molecular complexity index is 908. The van der Waals surface area contributed by atoms with Crippen LogP contribution in [0, 0.1) is 0 Å². The molecular weight excluding hydrogens is 400 g/mol. The summed E-state index contributed by atoms with van der Waals surface area (Å²) in [6.45, 7) is 1.36. The number of nitrogens with one attached hydrogen (secondary N) is 2. The van der Waals surface area contributed by atoms with Gasteiger partial charge in [-0.15, -0.1) is 0 Å². The van der Waals surface area contributed by atoms with Crippen molar-refractivity contribution in [1.29, 1.82) is 0 Å². The van der Waals surface area contributed by atoms with E-state index in [9.17, 15) is 13.2 Å². The van der Waals surface area contributed by atoms with Gasteiger partial charge < -0.3 is 14.6 Å². The monoisotopic (exact) mass is 424 g/mol. The number of hydrogen-bond acceptors (Lipinski definition) is 6. The van der Waals surface area contributed by atoms with Crippen LogP contribution in [0.1, 0.15) is 23.2 Å². The van der Waals surface area contributed by atoms with E-state index in [1.54, 1.807) is 18.3 Å². The van der Waals surface area contributed by atoms with Crippen LogP contribution in [0.2, 0.25) is 0 Å². The fourth-order valence-electron chi connectivity index (χ4n) is 2.80. The lowest BCUT2D eigenvalue weighted by Crippen LogP contribution is -2.32. The first-order valence-electron chi connectivity index (χ1n) is 9.05. The van der Waals surface area contributed by atoms with E-state index in [4.69, 9.17) is 4.74 Å². The summed E-state index contributed by atoms with van der Waals surface area (Å²) in [5, 5.41) is 3.68. The number of rotatable bonds is 9. The first-order chi connectivity index (χ1) is 13.5. The molecule has 1 amide bonds. The van der Waals surface area contributed by atoms with Crippen molar-refractivity contribution in [2.24, 2.45) is 7.05 Å². The molecule has 0 bridgehead atoms. The zero-order valence-corrected chi connectivity index (χ0v) is 17.3. The van der Waals surface area contributed by atoms with Gasteiger partial charge in [0.05, 0.1) is 11.0 Å². The van der Waals surface area contributed by atoms with Gasteiger partial charge in [-0.3, -0.25) is 4.79 Å². The van der Waals surface area contributed by atoms with Crippen LogP contribution in [0.15, 0.2) is 46.7 Å². The second kappa shape index (κ2) is 9.55. The molecule has 152 valence electrons. The van der Waals surface area contributed by atoms with E-state index < -0.39 is 10.0 Å². The lowest BCUT2D eigenvalue weighted by atomic mass is 10.2. The van der Waals surface area contributed by atoms with Gasteiger partial charge in [0.2, 0.25) is 10.0 Å². The molecule has 1 saturated heterocycles. The zero-order chi connectivity index (χ0) is 20.0. The number of aryl methyl sites for hydroxylation is 1. The first-order valence-corrected chi connectivity index (χ1v) is 11.5. The number of carbonyl (C=O) groups excluding carboxylic acids is 1. The molecule has 1 aliphatic heterocycles. The Kier molecular flexibility index (Phi) is 7.11. The number of thioether (sulfide) groups is 1. The number of hydrogen-bond donors (Lipinski definition) is 2. The Hall–Kier alpha value is -1.88. The van der Waals surface area contributed by atoms with Crippen molar-refractivity contribution in [3.63, 3.8) is 0 Å². The quantitative estimate of drug-likeness (QED) is 0.466. The molecule has 28 heavy (non-hydrogen) atoms. The van der Waals surface area contributed by atoms with E-state index in [-0.39, 0.29) is 23.5 Å². The standard InChI is InChI=1S/C18H24N4O4S2/c1-22-9-7-20-18(22)27-11-8-19-17(23)14-4-2-6-16(12-14)28(24,25)21-13-15-5-3-10-26-15/h2,4,6-7,9,12,15,21H,3,5,8,10-11,13H2,1H3,(H,19,23). The van der Waals surface area contributed by atoms with Gasteiger partial charge in [-0.2, -0.15) is 0 Å². The summed E-state index contributed by atoms with van der Waals surface area (Å²) < 4.78 is 34.9. The molecule has 2 aromatic rings. The summed E-state index contributed by atoms with van der Waals surface area (Å²) in [5.74, 6) is 0.356. The van der Waals surface area contributed by atoms with Gasteiger partial charge in [0.15, 0.2) is 5.16 Å². The fraction of sp³-hybridized carbons (Fsp3) is 0.444. The number of carbonyl (C=O) groups is 1. The molecule has 1 fully saturated rings. The Morgan fingerprint density at radius 1 is 1.43 bits per heavy atom. The molecule has 1 aliphatic rings. The molecule has 2 heterocycles. The van der Waals surface area contributed by atoms with Gasteiger partial charge in [0.1, 0.15) is 0 Å². The highest BCUT2D eigenvalue weighted by atomic mass is 32.2. The van der Waals surface area contributed by atoms with E-state index >= 15 is 0 Å². The van der Waals surface area contributed by atoms with Crippen molar-refractivity contribution >= 4 is 27.7 Å². The van der Waals surface area contributed by atoms with Crippen LogP contribution in [-0.4, -0.2) is 55.4 Å². The van der Waals surface area contributed by atoms with Crippen LogP contribution in [-0.2, 0) is 21.8 Å². The molecule has 2 N–H and O–H groups in total. The third-order valence-corrected chi connectivity index (χ3v) is 6.81. The molecule has 0 saturated carbocycles. The van der Waals surface area contributed by atoms with Gasteiger partial charge in [0, 0.05) is 50.5 Å². The molecule has 8 nitrogen and oxygen atoms in total. The lowest BCUT2D eigenvalue weighted by Gasteiger charge is -2.12. The minimum Gasteiger partial charge on any atom is -0.377 e. The van der Waals surface area contributed by atoms with Crippen molar-refractivity contribution in [2.75, 3.05) is 25.4 Å². The lowest BCUT2D eigenvalue weighted by molar-refractivity contribution is 0.0956. The Labute approximate surface area is 169 Å². The number of nitrogens with zero attached hydrogens (tertiary/aromatic N) is 2. The predicted octanol–water partition coefficient (Wildman–Crippen LogP) is 1.40. The summed E-state index contributed by atoms with van der Waals surface area (Å²) in [4.78, 5) is 16.6. The average Bonchev–Trinajstić information content (AvgIpc) is 3.35. The van der Waals surface area contributed by atoms with Crippen LogP contribution in [0.3, 0.4) is 0 Å². The molecule has 1 aromatic carbocycles. The number of aromatic nitrogens is 2. The van der Waals surface area contributed by atoms with Crippen LogP contribution in [0.5, 0.6) is 0 Å². The van der Waals surface area contributed by atoms with Crippen molar-refractivity contribution in [1.82, 2.24) is 19.6 Å². The maximum absolute atomic E-state index is 12.5. The summed E-state index contributed by atoms with van der Waals surface area (Å²) in [5.41, 5.74) is 0.307. The zero-order valence-electron chi connectivity index (χ0n) is 15.6. The first kappa shape index (κ1) is 20.8. The van der Waals surface area contributed by atoms with Gasteiger partial charge in [-0.05, 0) is 31.0 Å². The van der Waals surface area contributed by atoms with E-state index in [0.29, 0.717) is 24.5 Å². The molecule has 0 aliphatic carbocycles. The van der Waals surface area contributed by atoms with E-state index in [0.717, 1.165) is 18.0 Å².